The number of aliphatic hydroxyl groups is 1. The number of nitrogens with zero attached hydrogens (tertiary/aromatic N) is 8. The van der Waals surface area contributed by atoms with Crippen molar-refractivity contribution in [3.05, 3.63) is 96.8 Å². The van der Waals surface area contributed by atoms with Gasteiger partial charge in [0.05, 0.1) is 20.6 Å². The van der Waals surface area contributed by atoms with Crippen LogP contribution >= 0.6 is 0 Å². The summed E-state index contributed by atoms with van der Waals surface area (Å²) < 4.78 is 55.1. The van der Waals surface area contributed by atoms with Gasteiger partial charge in [0, 0.05) is 45.2 Å². The van der Waals surface area contributed by atoms with E-state index in [-0.39, 0.29) is 16.4 Å². The van der Waals surface area contributed by atoms with Crippen LogP contribution in [0, 0.1) is 25.7 Å². The maximum absolute atomic E-state index is 13.2. The second-order valence-electron chi connectivity index (χ2n) is 15.9. The predicted octanol–water partition coefficient (Wildman–Crippen LogP) is 7.35. The molecule has 6 aromatic rings. The van der Waals surface area contributed by atoms with Gasteiger partial charge in [0.25, 0.3) is 20.0 Å². The van der Waals surface area contributed by atoms with Crippen molar-refractivity contribution in [2.24, 2.45) is 11.8 Å². The highest BCUT2D eigenvalue weighted by Crippen LogP contribution is 2.35. The molecule has 0 atom stereocenters. The Morgan fingerprint density at radius 2 is 0.966 bits per heavy atom. The van der Waals surface area contributed by atoms with Crippen molar-refractivity contribution in [3.8, 4) is 0 Å². The van der Waals surface area contributed by atoms with Crippen LogP contribution in [-0.2, 0) is 20.0 Å². The van der Waals surface area contributed by atoms with Crippen molar-refractivity contribution < 1.29 is 21.9 Å². The fourth-order valence-electron chi connectivity index (χ4n) is 8.43. The first-order valence-electron chi connectivity index (χ1n) is 20.2. The summed E-state index contributed by atoms with van der Waals surface area (Å²) >= 11 is 0. The number of aromatic nitrogens is 6. The van der Waals surface area contributed by atoms with E-state index in [0.717, 1.165) is 78.0 Å². The van der Waals surface area contributed by atoms with E-state index in [0.29, 0.717) is 29.3 Å². The number of rotatable bonds is 10. The molecule has 308 valence electrons. The summed E-state index contributed by atoms with van der Waals surface area (Å²) in [4.78, 5) is 22.4. The quantitative estimate of drug-likeness (QED) is 0.147. The first kappa shape index (κ1) is 41.3. The molecule has 0 unspecified atom stereocenters. The van der Waals surface area contributed by atoms with Crippen LogP contribution in [0.15, 0.2) is 95.5 Å². The summed E-state index contributed by atoms with van der Waals surface area (Å²) in [5.74, 6) is 2.74. The van der Waals surface area contributed by atoms with Gasteiger partial charge in [0.15, 0.2) is 11.3 Å². The molecule has 2 fully saturated rings. The Morgan fingerprint density at radius 1 is 0.586 bits per heavy atom. The lowest BCUT2D eigenvalue weighted by Crippen LogP contribution is -2.36. The van der Waals surface area contributed by atoms with E-state index >= 15 is 0 Å². The Morgan fingerprint density at radius 3 is 1.33 bits per heavy atom. The predicted molar refractivity (Wildman–Crippen MR) is 228 cm³/mol. The summed E-state index contributed by atoms with van der Waals surface area (Å²) in [6, 6.07) is 18.0. The normalized spacial score (nSPS) is 20.1. The van der Waals surface area contributed by atoms with E-state index < -0.39 is 20.0 Å². The molecule has 4 heterocycles. The number of fused-ring (bicyclic) bond motifs is 2. The van der Waals surface area contributed by atoms with E-state index in [1.54, 1.807) is 67.0 Å². The molecule has 2 aliphatic rings. The summed E-state index contributed by atoms with van der Waals surface area (Å²) in [5, 5.41) is 10.9. The van der Waals surface area contributed by atoms with Crippen molar-refractivity contribution in [1.29, 1.82) is 0 Å². The zero-order valence-corrected chi connectivity index (χ0v) is 35.6. The van der Waals surface area contributed by atoms with Crippen molar-refractivity contribution in [3.63, 3.8) is 0 Å². The lowest BCUT2D eigenvalue weighted by atomic mass is 9.84. The summed E-state index contributed by atoms with van der Waals surface area (Å²) in [5.41, 5.74) is 2.82. The first-order chi connectivity index (χ1) is 27.8. The number of benzene rings is 2. The molecule has 2 aromatic carbocycles. The van der Waals surface area contributed by atoms with Gasteiger partial charge in [-0.25, -0.2) is 44.7 Å². The molecule has 0 amide bonds. The molecule has 0 spiro atoms. The second kappa shape index (κ2) is 17.2. The molecule has 1 N–H and O–H groups in total. The molecule has 4 aromatic heterocycles. The lowest BCUT2D eigenvalue weighted by molar-refractivity contribution is 0.182. The molecule has 58 heavy (non-hydrogen) atoms. The van der Waals surface area contributed by atoms with Gasteiger partial charge >= 0.3 is 0 Å². The minimum Gasteiger partial charge on any atom is -0.396 e. The van der Waals surface area contributed by atoms with Crippen LogP contribution in [0.25, 0.3) is 22.1 Å². The molecule has 0 aliphatic heterocycles. The monoisotopic (exact) mass is 826 g/mol. The minimum absolute atomic E-state index is 0.233. The Kier molecular flexibility index (Phi) is 12.2. The van der Waals surface area contributed by atoms with E-state index in [2.05, 4.69) is 43.7 Å². The minimum atomic E-state index is -3.74. The van der Waals surface area contributed by atoms with Gasteiger partial charge in [-0.3, -0.25) is 0 Å². The van der Waals surface area contributed by atoms with Crippen LogP contribution < -0.4 is 9.80 Å². The van der Waals surface area contributed by atoms with Crippen LogP contribution in [0.1, 0.15) is 75.8 Å². The topological polar surface area (TPSA) is 156 Å². The molecule has 15 heteroatoms. The fraction of sp³-hybridized carbons (Fsp3) is 0.442. The van der Waals surface area contributed by atoms with Crippen LogP contribution in [0.2, 0.25) is 0 Å². The summed E-state index contributed by atoms with van der Waals surface area (Å²) in [6.07, 6.45) is 16.0. The van der Waals surface area contributed by atoms with E-state index in [1.165, 1.54) is 39.9 Å². The average Bonchev–Trinajstić information content (AvgIpc) is 3.90. The highest BCUT2D eigenvalue weighted by Gasteiger charge is 2.29. The molecule has 13 nitrogen and oxygen atoms in total. The second-order valence-corrected chi connectivity index (χ2v) is 19.5. The zero-order chi connectivity index (χ0) is 41.2. The molecule has 2 saturated carbocycles. The van der Waals surface area contributed by atoms with Crippen molar-refractivity contribution in [1.82, 2.24) is 27.9 Å². The first-order valence-corrected chi connectivity index (χ1v) is 23.1. The van der Waals surface area contributed by atoms with E-state index in [1.807, 2.05) is 27.0 Å². The number of hydrogen-bond acceptors (Lipinski definition) is 11. The standard InChI is InChI=1S/C22H28N4O2S.C21H26N4O3S/c1-4-17-7-9-18(10-8-17)25(3)21-20-13-14-26(22(20)24-15-23-21)29(27,28)19-11-5-16(2)6-12-19;1-15-3-9-18(10-4-15)29(27,28)25-12-11-19-20(22-14-23-21(19)25)24(2)17-7-5-16(13-26)6-8-17/h5-6,11-15,17-18H,4,7-10H2,1-3H3;3-4,9-12,14,16-17,26H,5-8,13H2,1-2H3. The Bertz CT molecular complexity index is 2380. The van der Waals surface area contributed by atoms with Crippen LogP contribution in [0.4, 0.5) is 11.6 Å². The number of anilines is 2. The van der Waals surface area contributed by atoms with Crippen LogP contribution in [0.3, 0.4) is 0 Å². The summed E-state index contributed by atoms with van der Waals surface area (Å²) in [6.45, 7) is 6.36. The molecule has 0 bridgehead atoms. The van der Waals surface area contributed by atoms with E-state index in [9.17, 15) is 21.9 Å². The van der Waals surface area contributed by atoms with Crippen molar-refractivity contribution >= 4 is 53.7 Å². The Balaban J connectivity index is 0.000000177. The number of aliphatic hydroxyl groups excluding tert-OH is 1. The molecular weight excluding hydrogens is 773 g/mol. The SMILES string of the molecule is CCC1CCC(N(C)c2ncnc3c2ccn3S(=O)(=O)c2ccc(C)cc2)CC1.Cc1ccc(S(=O)(=O)n2ccc3c(N(C)C4CCC(CO)CC4)ncnc32)cc1. The number of hydrogen-bond donors (Lipinski definition) is 1. The van der Waals surface area contributed by atoms with Gasteiger partial charge in [-0.2, -0.15) is 0 Å². The zero-order valence-electron chi connectivity index (χ0n) is 33.9. The molecular formula is C43H54N8O5S2. The molecule has 0 radical (unpaired) electrons. The molecule has 2 aliphatic carbocycles. The Hall–Kier alpha value is -4.86. The van der Waals surface area contributed by atoms with Gasteiger partial charge in [-0.05, 0) is 113 Å². The third-order valence-corrected chi connectivity index (χ3v) is 15.6. The van der Waals surface area contributed by atoms with Crippen molar-refractivity contribution in [2.75, 3.05) is 30.5 Å². The molecule has 0 saturated heterocycles. The van der Waals surface area contributed by atoms with Crippen LogP contribution in [-0.4, -0.2) is 82.6 Å². The van der Waals surface area contributed by atoms with Gasteiger partial charge in [-0.1, -0.05) is 48.7 Å². The van der Waals surface area contributed by atoms with Gasteiger partial charge < -0.3 is 14.9 Å². The van der Waals surface area contributed by atoms with Gasteiger partial charge in [-0.15, -0.1) is 0 Å². The molecule has 8 rings (SSSR count). The van der Waals surface area contributed by atoms with Gasteiger partial charge in [0.1, 0.15) is 24.3 Å². The maximum atomic E-state index is 13.2. The number of aryl methyl sites for hydroxylation is 2. The highest BCUT2D eigenvalue weighted by molar-refractivity contribution is 7.90. The summed E-state index contributed by atoms with van der Waals surface area (Å²) in [7, 11) is -3.39. The third-order valence-electron chi connectivity index (χ3n) is 12.2. The van der Waals surface area contributed by atoms with Gasteiger partial charge in [0.2, 0.25) is 0 Å². The average molecular weight is 827 g/mol. The largest absolute Gasteiger partial charge is 0.396 e. The fourth-order valence-corrected chi connectivity index (χ4v) is 11.0. The van der Waals surface area contributed by atoms with Crippen LogP contribution in [0.5, 0.6) is 0 Å². The highest BCUT2D eigenvalue weighted by atomic mass is 32.2. The smallest absolute Gasteiger partial charge is 0.269 e. The van der Waals surface area contributed by atoms with Crippen molar-refractivity contribution in [2.45, 2.75) is 100 Å². The Labute approximate surface area is 341 Å². The maximum Gasteiger partial charge on any atom is 0.269 e. The van der Waals surface area contributed by atoms with E-state index in [4.69, 9.17) is 0 Å². The lowest BCUT2D eigenvalue weighted by Gasteiger charge is -2.35. The third kappa shape index (κ3) is 8.21.